The van der Waals surface area contributed by atoms with Gasteiger partial charge in [0.1, 0.15) is 6.61 Å². The number of halogens is 4. The van der Waals surface area contributed by atoms with E-state index in [1.807, 2.05) is 0 Å². The van der Waals surface area contributed by atoms with Gasteiger partial charge in [-0.05, 0) is 46.3 Å². The van der Waals surface area contributed by atoms with Crippen LogP contribution in [0.2, 0.25) is 0 Å². The molecule has 188 valence electrons. The zero-order chi connectivity index (χ0) is 25.4. The predicted octanol–water partition coefficient (Wildman–Crippen LogP) is 3.68. The molecule has 1 aromatic heterocycles. The number of nitrogens with zero attached hydrogens (tertiary/aromatic N) is 3. The number of carbonyl (C=O) groups is 1. The van der Waals surface area contributed by atoms with Gasteiger partial charge in [0.25, 0.3) is 5.91 Å². The molecule has 0 unspecified atom stereocenters. The first-order valence-electron chi connectivity index (χ1n) is 10.7. The maximum absolute atomic E-state index is 12.8. The Morgan fingerprint density at radius 3 is 2.60 bits per heavy atom. The van der Waals surface area contributed by atoms with Crippen molar-refractivity contribution in [3.05, 3.63) is 63.9 Å². The number of rotatable bonds is 8. The van der Waals surface area contributed by atoms with Gasteiger partial charge in [-0.25, -0.2) is 4.98 Å². The van der Waals surface area contributed by atoms with Crippen LogP contribution in [0.25, 0.3) is 0 Å². The van der Waals surface area contributed by atoms with Gasteiger partial charge in [0.15, 0.2) is 0 Å². The molecule has 0 saturated carbocycles. The van der Waals surface area contributed by atoms with Crippen molar-refractivity contribution in [2.75, 3.05) is 51.8 Å². The second-order valence-corrected chi connectivity index (χ2v) is 8.35. The van der Waals surface area contributed by atoms with Gasteiger partial charge < -0.3 is 20.5 Å². The molecule has 0 bridgehead atoms. The number of carbonyl (C=O) groups excluding carboxylic acids is 1. The minimum absolute atomic E-state index is 0.0674. The Labute approximate surface area is 209 Å². The van der Waals surface area contributed by atoms with Crippen LogP contribution in [0.4, 0.5) is 18.9 Å². The van der Waals surface area contributed by atoms with E-state index in [1.54, 1.807) is 13.1 Å². The van der Waals surface area contributed by atoms with Gasteiger partial charge in [0.05, 0.1) is 46.4 Å². The number of alkyl halides is 3. The number of ether oxygens (including phenoxy) is 2. The average Bonchev–Trinajstić information content (AvgIpc) is 2.85. The highest BCUT2D eigenvalue weighted by Crippen LogP contribution is 2.29. The van der Waals surface area contributed by atoms with Crippen LogP contribution in [0.15, 0.2) is 52.2 Å². The third-order valence-electron chi connectivity index (χ3n) is 5.18. The summed E-state index contributed by atoms with van der Waals surface area (Å²) in [5.41, 5.74) is 6.12. The summed E-state index contributed by atoms with van der Waals surface area (Å²) >= 11 is 3.36. The van der Waals surface area contributed by atoms with Gasteiger partial charge in [-0.3, -0.25) is 14.7 Å². The molecule has 35 heavy (non-hydrogen) atoms. The molecule has 1 aliphatic rings. The molecule has 1 fully saturated rings. The standard InChI is InChI=1S/C23H25BrF3N5O3/c1-29-20(19(24)13-28)18-12-17(14-30-22(18)35-11-8-32-6-9-34-10-7-32)31-21(33)15-2-4-16(5-3-15)23(25,26)27/h2-5,12-14H,6-11,28H2,1H3,(H,31,33). The molecule has 8 nitrogen and oxygen atoms in total. The Hall–Kier alpha value is -2.96. The average molecular weight is 556 g/mol. The van der Waals surface area contributed by atoms with Crippen LogP contribution in [-0.4, -0.2) is 68.0 Å². The lowest BCUT2D eigenvalue weighted by Crippen LogP contribution is -2.38. The fourth-order valence-electron chi connectivity index (χ4n) is 3.35. The monoisotopic (exact) mass is 555 g/mol. The lowest BCUT2D eigenvalue weighted by atomic mass is 10.1. The number of benzene rings is 1. The maximum atomic E-state index is 12.8. The molecule has 1 aliphatic heterocycles. The first kappa shape index (κ1) is 26.6. The summed E-state index contributed by atoms with van der Waals surface area (Å²) in [6.45, 7) is 4.06. The number of allylic oxidation sites excluding steroid dienone is 1. The summed E-state index contributed by atoms with van der Waals surface area (Å²) in [5, 5.41) is 2.65. The van der Waals surface area contributed by atoms with Crippen LogP contribution < -0.4 is 15.8 Å². The van der Waals surface area contributed by atoms with Crippen molar-refractivity contribution in [3.8, 4) is 5.88 Å². The van der Waals surface area contributed by atoms with Crippen molar-refractivity contribution in [1.82, 2.24) is 9.88 Å². The SMILES string of the molecule is CN=C(C(Br)=CN)c1cc(NC(=O)c2ccc(C(F)(F)F)cc2)cnc1OCCN1CCOCC1. The Kier molecular flexibility index (Phi) is 9.24. The van der Waals surface area contributed by atoms with Crippen LogP contribution in [0.1, 0.15) is 21.5 Å². The van der Waals surface area contributed by atoms with Gasteiger partial charge in [-0.15, -0.1) is 0 Å². The van der Waals surface area contributed by atoms with Crippen LogP contribution in [0.3, 0.4) is 0 Å². The Morgan fingerprint density at radius 2 is 2.00 bits per heavy atom. The summed E-state index contributed by atoms with van der Waals surface area (Å²) in [5.74, 6) is -0.291. The highest BCUT2D eigenvalue weighted by atomic mass is 79.9. The molecule has 3 rings (SSSR count). The number of nitrogens with two attached hydrogens (primary N) is 1. The summed E-state index contributed by atoms with van der Waals surface area (Å²) in [7, 11) is 1.57. The van der Waals surface area contributed by atoms with Gasteiger partial charge in [-0.2, -0.15) is 13.2 Å². The normalized spacial score (nSPS) is 15.7. The Bertz CT molecular complexity index is 1080. The largest absolute Gasteiger partial charge is 0.476 e. The van der Waals surface area contributed by atoms with E-state index < -0.39 is 17.6 Å². The number of pyridine rings is 1. The predicted molar refractivity (Wildman–Crippen MR) is 130 cm³/mol. The molecule has 0 spiro atoms. The summed E-state index contributed by atoms with van der Waals surface area (Å²) in [6.07, 6.45) is -1.75. The van der Waals surface area contributed by atoms with Gasteiger partial charge in [0, 0.05) is 38.4 Å². The molecular weight excluding hydrogens is 531 g/mol. The zero-order valence-corrected chi connectivity index (χ0v) is 20.5. The number of morpholine rings is 1. The fourth-order valence-corrected chi connectivity index (χ4v) is 3.74. The Morgan fingerprint density at radius 1 is 1.31 bits per heavy atom. The van der Waals surface area contributed by atoms with Gasteiger partial charge >= 0.3 is 6.18 Å². The molecule has 0 radical (unpaired) electrons. The second kappa shape index (κ2) is 12.1. The summed E-state index contributed by atoms with van der Waals surface area (Å²) in [6, 6.07) is 5.56. The van der Waals surface area contributed by atoms with Crippen LogP contribution in [0, 0.1) is 0 Å². The fraction of sp³-hybridized carbons (Fsp3) is 0.348. The summed E-state index contributed by atoms with van der Waals surface area (Å²) in [4.78, 5) is 23.4. The highest BCUT2D eigenvalue weighted by Gasteiger charge is 2.30. The molecule has 1 saturated heterocycles. The number of nitrogens with one attached hydrogen (secondary N) is 1. The van der Waals surface area contributed by atoms with Crippen molar-refractivity contribution in [2.45, 2.75) is 6.18 Å². The van der Waals surface area contributed by atoms with E-state index in [1.165, 1.54) is 12.4 Å². The van der Waals surface area contributed by atoms with Crippen molar-refractivity contribution in [1.29, 1.82) is 0 Å². The van der Waals surface area contributed by atoms with Crippen molar-refractivity contribution in [2.24, 2.45) is 10.7 Å². The first-order valence-corrected chi connectivity index (χ1v) is 11.5. The molecule has 2 aromatic rings. The van der Waals surface area contributed by atoms with E-state index in [2.05, 4.69) is 36.1 Å². The maximum Gasteiger partial charge on any atom is 0.416 e. The molecule has 3 N–H and O–H groups in total. The molecule has 12 heteroatoms. The lowest BCUT2D eigenvalue weighted by molar-refractivity contribution is -0.137. The third kappa shape index (κ3) is 7.26. The van der Waals surface area contributed by atoms with Crippen LogP contribution in [-0.2, 0) is 10.9 Å². The van der Waals surface area contributed by atoms with Crippen molar-refractivity contribution >= 4 is 33.2 Å². The molecular formula is C23H25BrF3N5O3. The molecule has 0 aliphatic carbocycles. The molecule has 1 amide bonds. The quantitative estimate of drug-likeness (QED) is 0.482. The molecule has 0 atom stereocenters. The van der Waals surface area contributed by atoms with Crippen LogP contribution >= 0.6 is 15.9 Å². The number of amides is 1. The third-order valence-corrected chi connectivity index (χ3v) is 5.82. The van der Waals surface area contributed by atoms with E-state index in [4.69, 9.17) is 15.2 Å². The topological polar surface area (TPSA) is 102 Å². The smallest absolute Gasteiger partial charge is 0.416 e. The number of aromatic nitrogens is 1. The number of hydrogen-bond acceptors (Lipinski definition) is 7. The van der Waals surface area contributed by atoms with E-state index in [9.17, 15) is 18.0 Å². The van der Waals surface area contributed by atoms with E-state index in [0.717, 1.165) is 37.4 Å². The van der Waals surface area contributed by atoms with E-state index in [0.29, 0.717) is 53.7 Å². The summed E-state index contributed by atoms with van der Waals surface area (Å²) < 4.78 is 50.1. The minimum atomic E-state index is -4.48. The zero-order valence-electron chi connectivity index (χ0n) is 18.9. The van der Waals surface area contributed by atoms with Crippen LogP contribution in [0.5, 0.6) is 5.88 Å². The Balaban J connectivity index is 1.79. The van der Waals surface area contributed by atoms with E-state index in [-0.39, 0.29) is 5.56 Å². The number of anilines is 1. The highest BCUT2D eigenvalue weighted by molar-refractivity contribution is 9.12. The number of aliphatic imine (C=N–C) groups is 1. The minimum Gasteiger partial charge on any atom is -0.476 e. The number of hydrogen-bond donors (Lipinski definition) is 2. The van der Waals surface area contributed by atoms with Gasteiger partial charge in [-0.1, -0.05) is 0 Å². The van der Waals surface area contributed by atoms with E-state index >= 15 is 0 Å². The van der Waals surface area contributed by atoms with Crippen molar-refractivity contribution < 1.29 is 27.4 Å². The first-order chi connectivity index (χ1) is 16.7. The lowest BCUT2D eigenvalue weighted by Gasteiger charge is -2.26. The second-order valence-electron chi connectivity index (χ2n) is 7.50. The van der Waals surface area contributed by atoms with Gasteiger partial charge in [0.2, 0.25) is 5.88 Å². The van der Waals surface area contributed by atoms with Crippen molar-refractivity contribution in [3.63, 3.8) is 0 Å². The molecule has 1 aromatic carbocycles. The molecule has 2 heterocycles.